The van der Waals surface area contributed by atoms with Crippen LogP contribution in [0.4, 0.5) is 0 Å². The molecule has 0 radical (unpaired) electrons. The van der Waals surface area contributed by atoms with E-state index in [2.05, 4.69) is 13.8 Å². The number of likely N-dealkylation sites (tertiary alicyclic amines) is 1. The van der Waals surface area contributed by atoms with E-state index in [-0.39, 0.29) is 17.9 Å². The van der Waals surface area contributed by atoms with Crippen LogP contribution in [0.1, 0.15) is 50.8 Å². The van der Waals surface area contributed by atoms with Gasteiger partial charge in [-0.3, -0.25) is 9.59 Å². The third kappa shape index (κ3) is 6.30. The lowest BCUT2D eigenvalue weighted by atomic mass is 9.94. The third-order valence-electron chi connectivity index (χ3n) is 6.64. The largest absolute Gasteiger partial charge is 0.507 e. The molecule has 1 atom stereocenters. The van der Waals surface area contributed by atoms with Gasteiger partial charge < -0.3 is 33.7 Å². The molecule has 0 aliphatic carbocycles. The first kappa shape index (κ1) is 28.3. The number of rotatable bonds is 12. The second-order valence-corrected chi connectivity index (χ2v) is 9.87. The van der Waals surface area contributed by atoms with Crippen molar-refractivity contribution < 1.29 is 38.4 Å². The minimum Gasteiger partial charge on any atom is -0.507 e. The zero-order valence-electron chi connectivity index (χ0n) is 23.0. The molecular formula is C30H37NO8. The number of aliphatic hydroxyl groups is 1. The number of carbonyl (C=O) groups excluding carboxylic acids is 2. The van der Waals surface area contributed by atoms with E-state index in [0.717, 1.165) is 6.42 Å². The van der Waals surface area contributed by atoms with Crippen molar-refractivity contribution in [2.75, 3.05) is 46.7 Å². The topological polar surface area (TPSA) is 104 Å². The van der Waals surface area contributed by atoms with Gasteiger partial charge in [-0.05, 0) is 61.6 Å². The Morgan fingerprint density at radius 2 is 1.79 bits per heavy atom. The Morgan fingerprint density at radius 3 is 2.51 bits per heavy atom. The molecule has 210 valence electrons. The molecule has 9 nitrogen and oxygen atoms in total. The summed E-state index contributed by atoms with van der Waals surface area (Å²) in [6.45, 7) is 8.60. The van der Waals surface area contributed by atoms with Crippen LogP contribution in [0, 0.1) is 5.92 Å². The number of fused-ring (bicyclic) bond motifs is 1. The summed E-state index contributed by atoms with van der Waals surface area (Å²) in [6.07, 6.45) is 1.42. The third-order valence-corrected chi connectivity index (χ3v) is 6.64. The maximum atomic E-state index is 13.4. The van der Waals surface area contributed by atoms with Crippen molar-refractivity contribution in [1.82, 2.24) is 4.90 Å². The van der Waals surface area contributed by atoms with Gasteiger partial charge in [-0.15, -0.1) is 0 Å². The molecule has 0 spiro atoms. The van der Waals surface area contributed by atoms with Crippen LogP contribution in [0.5, 0.6) is 23.0 Å². The highest BCUT2D eigenvalue weighted by Gasteiger charge is 2.46. The van der Waals surface area contributed by atoms with E-state index < -0.39 is 17.7 Å². The smallest absolute Gasteiger partial charge is 0.295 e. The number of ketones is 1. The monoisotopic (exact) mass is 539 g/mol. The van der Waals surface area contributed by atoms with Gasteiger partial charge in [0.1, 0.15) is 19.0 Å². The van der Waals surface area contributed by atoms with Gasteiger partial charge in [0.05, 0.1) is 24.8 Å². The van der Waals surface area contributed by atoms with Crippen molar-refractivity contribution in [3.05, 3.63) is 53.1 Å². The standard InChI is InChI=1S/C30H37NO8/c1-5-36-24-17-20(7-9-22(24)37-14-11-19(2)3)27-26(29(33)30(34)31(27)12-6-13-35-4)28(32)21-8-10-23-25(18-21)39-16-15-38-23/h7-10,17-19,27,32H,5-6,11-16H2,1-4H3/t27-/m1/s1. The highest BCUT2D eigenvalue weighted by atomic mass is 16.6. The molecule has 2 aliphatic rings. The normalized spacial score (nSPS) is 18.1. The molecule has 2 aromatic carbocycles. The number of hydrogen-bond acceptors (Lipinski definition) is 8. The number of nitrogens with zero attached hydrogens (tertiary/aromatic N) is 1. The van der Waals surface area contributed by atoms with E-state index in [1.807, 2.05) is 13.0 Å². The van der Waals surface area contributed by atoms with E-state index in [1.165, 1.54) is 4.90 Å². The maximum Gasteiger partial charge on any atom is 0.295 e. The minimum atomic E-state index is -0.820. The Hall–Kier alpha value is -3.72. The lowest BCUT2D eigenvalue weighted by Gasteiger charge is -2.26. The van der Waals surface area contributed by atoms with E-state index in [1.54, 1.807) is 37.4 Å². The van der Waals surface area contributed by atoms with Gasteiger partial charge in [0, 0.05) is 25.8 Å². The summed E-state index contributed by atoms with van der Waals surface area (Å²) in [5, 5.41) is 11.4. The number of hydrogen-bond donors (Lipinski definition) is 1. The summed E-state index contributed by atoms with van der Waals surface area (Å²) in [5.41, 5.74) is 0.994. The number of ether oxygens (including phenoxy) is 5. The van der Waals surface area contributed by atoms with Crippen LogP contribution in [0.2, 0.25) is 0 Å². The first-order valence-corrected chi connectivity index (χ1v) is 13.4. The number of Topliss-reactive ketones (excluding diaryl/α,β-unsaturated/α-hetero) is 1. The van der Waals surface area contributed by atoms with Crippen molar-refractivity contribution in [1.29, 1.82) is 0 Å². The van der Waals surface area contributed by atoms with E-state index >= 15 is 0 Å². The predicted molar refractivity (Wildman–Crippen MR) is 145 cm³/mol. The summed E-state index contributed by atoms with van der Waals surface area (Å²) in [4.78, 5) is 28.1. The highest BCUT2D eigenvalue weighted by molar-refractivity contribution is 6.46. The van der Waals surface area contributed by atoms with Crippen LogP contribution in [0.25, 0.3) is 5.76 Å². The summed E-state index contributed by atoms with van der Waals surface area (Å²) < 4.78 is 28.3. The Kier molecular flexibility index (Phi) is 9.35. The van der Waals surface area contributed by atoms with Crippen molar-refractivity contribution in [3.63, 3.8) is 0 Å². The van der Waals surface area contributed by atoms with E-state index in [0.29, 0.717) is 79.5 Å². The summed E-state index contributed by atoms with van der Waals surface area (Å²) in [6, 6.07) is 9.52. The second-order valence-electron chi connectivity index (χ2n) is 9.87. The molecule has 1 N–H and O–H groups in total. The molecule has 0 saturated carbocycles. The van der Waals surface area contributed by atoms with Gasteiger partial charge >= 0.3 is 0 Å². The second kappa shape index (κ2) is 12.9. The Bertz CT molecular complexity index is 1220. The van der Waals surface area contributed by atoms with Gasteiger partial charge in [0.15, 0.2) is 23.0 Å². The molecule has 0 unspecified atom stereocenters. The summed E-state index contributed by atoms with van der Waals surface area (Å²) in [5.74, 6) is 0.920. The number of benzene rings is 2. The first-order chi connectivity index (χ1) is 18.8. The van der Waals surface area contributed by atoms with Crippen molar-refractivity contribution in [2.45, 2.75) is 39.7 Å². The Balaban J connectivity index is 1.77. The quantitative estimate of drug-likeness (QED) is 0.179. The number of carbonyl (C=O) groups is 2. The molecule has 9 heteroatoms. The van der Waals surface area contributed by atoms with Crippen molar-refractivity contribution >= 4 is 17.4 Å². The summed E-state index contributed by atoms with van der Waals surface area (Å²) >= 11 is 0. The zero-order valence-corrected chi connectivity index (χ0v) is 23.0. The van der Waals surface area contributed by atoms with Gasteiger partial charge in [-0.2, -0.15) is 0 Å². The van der Waals surface area contributed by atoms with Crippen LogP contribution in [-0.2, 0) is 14.3 Å². The van der Waals surface area contributed by atoms with Crippen LogP contribution in [-0.4, -0.2) is 68.4 Å². The van der Waals surface area contributed by atoms with Crippen LogP contribution < -0.4 is 18.9 Å². The maximum absolute atomic E-state index is 13.4. The SMILES string of the molecule is CCOc1cc([C@@H]2C(=C(O)c3ccc4c(c3)OCCO4)C(=O)C(=O)N2CCCOC)ccc1OCCC(C)C. The minimum absolute atomic E-state index is 0.00465. The molecular weight excluding hydrogens is 502 g/mol. The molecule has 1 saturated heterocycles. The number of amides is 1. The van der Waals surface area contributed by atoms with Gasteiger partial charge in [-0.1, -0.05) is 19.9 Å². The molecule has 39 heavy (non-hydrogen) atoms. The molecule has 0 aromatic heterocycles. The molecule has 1 fully saturated rings. The fourth-order valence-electron chi connectivity index (χ4n) is 4.67. The van der Waals surface area contributed by atoms with Gasteiger partial charge in [0.2, 0.25) is 0 Å². The molecule has 2 heterocycles. The van der Waals surface area contributed by atoms with Gasteiger partial charge in [0.25, 0.3) is 11.7 Å². The van der Waals surface area contributed by atoms with Crippen LogP contribution in [0.15, 0.2) is 42.0 Å². The predicted octanol–water partition coefficient (Wildman–Crippen LogP) is 4.74. The molecule has 1 amide bonds. The lowest BCUT2D eigenvalue weighted by molar-refractivity contribution is -0.140. The van der Waals surface area contributed by atoms with Crippen molar-refractivity contribution in [2.24, 2.45) is 5.92 Å². The number of aliphatic hydroxyl groups excluding tert-OH is 1. The molecule has 2 aromatic rings. The fraction of sp³-hybridized carbons (Fsp3) is 0.467. The molecule has 2 aliphatic heterocycles. The Labute approximate surface area is 229 Å². The summed E-state index contributed by atoms with van der Waals surface area (Å²) in [7, 11) is 1.58. The average Bonchev–Trinajstić information content (AvgIpc) is 3.18. The fourth-order valence-corrected chi connectivity index (χ4v) is 4.67. The average molecular weight is 540 g/mol. The highest BCUT2D eigenvalue weighted by Crippen LogP contribution is 2.43. The van der Waals surface area contributed by atoms with Crippen LogP contribution >= 0.6 is 0 Å². The van der Waals surface area contributed by atoms with E-state index in [4.69, 9.17) is 23.7 Å². The Morgan fingerprint density at radius 1 is 1.03 bits per heavy atom. The molecule has 0 bridgehead atoms. The van der Waals surface area contributed by atoms with Gasteiger partial charge in [-0.25, -0.2) is 0 Å². The van der Waals surface area contributed by atoms with Crippen LogP contribution in [0.3, 0.4) is 0 Å². The van der Waals surface area contributed by atoms with E-state index in [9.17, 15) is 14.7 Å². The van der Waals surface area contributed by atoms with Crippen molar-refractivity contribution in [3.8, 4) is 23.0 Å². The first-order valence-electron chi connectivity index (χ1n) is 13.4. The number of methoxy groups -OCH3 is 1. The molecule has 4 rings (SSSR count). The zero-order chi connectivity index (χ0) is 27.9. The lowest BCUT2D eigenvalue weighted by Crippen LogP contribution is -2.31.